The lowest BCUT2D eigenvalue weighted by Gasteiger charge is -2.39. The number of halogens is 1. The lowest BCUT2D eigenvalue weighted by atomic mass is 9.82. The monoisotopic (exact) mass is 370 g/mol. The Labute approximate surface area is 147 Å². The molecular formula is C17H23FN2O4S. The third-order valence-corrected chi connectivity index (χ3v) is 6.52. The number of rotatable bonds is 4. The van der Waals surface area contributed by atoms with Gasteiger partial charge in [-0.2, -0.15) is 0 Å². The number of benzene rings is 1. The van der Waals surface area contributed by atoms with Gasteiger partial charge in [0.05, 0.1) is 23.6 Å². The van der Waals surface area contributed by atoms with Crippen LogP contribution in [0.4, 0.5) is 4.39 Å². The zero-order valence-electron chi connectivity index (χ0n) is 14.0. The SMILES string of the molecule is O=C(CN1CCS(=O)(=O)CC1)NC1(c2cccc(F)c2)CCOCC1. The highest BCUT2D eigenvalue weighted by molar-refractivity contribution is 7.91. The quantitative estimate of drug-likeness (QED) is 0.844. The van der Waals surface area contributed by atoms with E-state index in [-0.39, 0.29) is 29.8 Å². The Morgan fingerprint density at radius 1 is 1.24 bits per heavy atom. The average molecular weight is 370 g/mol. The lowest BCUT2D eigenvalue weighted by molar-refractivity contribution is -0.125. The molecule has 3 rings (SSSR count). The molecule has 0 unspecified atom stereocenters. The van der Waals surface area contributed by atoms with Crippen molar-refractivity contribution in [3.05, 3.63) is 35.6 Å². The molecule has 1 amide bonds. The Kier molecular flexibility index (Phi) is 5.41. The first-order valence-electron chi connectivity index (χ1n) is 8.46. The van der Waals surface area contributed by atoms with E-state index < -0.39 is 15.4 Å². The van der Waals surface area contributed by atoms with Gasteiger partial charge in [0.15, 0.2) is 9.84 Å². The van der Waals surface area contributed by atoms with Crippen molar-refractivity contribution in [2.75, 3.05) is 44.4 Å². The van der Waals surface area contributed by atoms with Crippen LogP contribution in [0, 0.1) is 5.82 Å². The van der Waals surface area contributed by atoms with Crippen LogP contribution in [0.15, 0.2) is 24.3 Å². The van der Waals surface area contributed by atoms with Gasteiger partial charge in [-0.1, -0.05) is 12.1 Å². The average Bonchev–Trinajstić information content (AvgIpc) is 2.58. The summed E-state index contributed by atoms with van der Waals surface area (Å²) in [6, 6.07) is 6.30. The molecule has 6 nitrogen and oxygen atoms in total. The molecule has 8 heteroatoms. The molecule has 0 spiro atoms. The van der Waals surface area contributed by atoms with Crippen LogP contribution in [-0.4, -0.2) is 63.6 Å². The van der Waals surface area contributed by atoms with Crippen molar-refractivity contribution in [3.8, 4) is 0 Å². The molecule has 2 heterocycles. The van der Waals surface area contributed by atoms with Crippen molar-refractivity contribution in [2.24, 2.45) is 0 Å². The van der Waals surface area contributed by atoms with Crippen molar-refractivity contribution < 1.29 is 22.3 Å². The summed E-state index contributed by atoms with van der Waals surface area (Å²) in [5.74, 6) is -0.337. The maximum atomic E-state index is 13.7. The van der Waals surface area contributed by atoms with Crippen LogP contribution in [0.5, 0.6) is 0 Å². The number of hydrogen-bond acceptors (Lipinski definition) is 5. The number of carbonyl (C=O) groups is 1. The molecule has 0 aromatic heterocycles. The van der Waals surface area contributed by atoms with E-state index in [1.807, 2.05) is 11.0 Å². The van der Waals surface area contributed by atoms with Crippen LogP contribution >= 0.6 is 0 Å². The summed E-state index contributed by atoms with van der Waals surface area (Å²) in [5, 5.41) is 3.07. The molecule has 2 aliphatic rings. The van der Waals surface area contributed by atoms with Gasteiger partial charge in [-0.05, 0) is 30.5 Å². The minimum atomic E-state index is -2.97. The topological polar surface area (TPSA) is 75.7 Å². The maximum absolute atomic E-state index is 13.7. The molecule has 138 valence electrons. The molecule has 0 aliphatic carbocycles. The third-order valence-electron chi connectivity index (χ3n) is 4.91. The van der Waals surface area contributed by atoms with Gasteiger partial charge in [0.1, 0.15) is 5.82 Å². The van der Waals surface area contributed by atoms with Gasteiger partial charge in [-0.25, -0.2) is 12.8 Å². The molecule has 0 radical (unpaired) electrons. The predicted octanol–water partition coefficient (Wildman–Crippen LogP) is 0.678. The second-order valence-corrected chi connectivity index (χ2v) is 8.98. The summed E-state index contributed by atoms with van der Waals surface area (Å²) in [4.78, 5) is 14.4. The van der Waals surface area contributed by atoms with Crippen molar-refractivity contribution in [2.45, 2.75) is 18.4 Å². The summed E-state index contributed by atoms with van der Waals surface area (Å²) < 4.78 is 42.1. The van der Waals surface area contributed by atoms with Crippen molar-refractivity contribution in [3.63, 3.8) is 0 Å². The van der Waals surface area contributed by atoms with Crippen LogP contribution in [0.25, 0.3) is 0 Å². The van der Waals surface area contributed by atoms with E-state index in [1.54, 1.807) is 6.07 Å². The van der Waals surface area contributed by atoms with Crippen LogP contribution in [0.3, 0.4) is 0 Å². The number of hydrogen-bond donors (Lipinski definition) is 1. The Bertz CT molecular complexity index is 718. The van der Waals surface area contributed by atoms with Crippen molar-refractivity contribution >= 4 is 15.7 Å². The number of ether oxygens (including phenoxy) is 1. The van der Waals surface area contributed by atoms with E-state index >= 15 is 0 Å². The highest BCUT2D eigenvalue weighted by Gasteiger charge is 2.36. The summed E-state index contributed by atoms with van der Waals surface area (Å²) in [6.45, 7) is 1.88. The summed E-state index contributed by atoms with van der Waals surface area (Å²) >= 11 is 0. The van der Waals surface area contributed by atoms with E-state index in [2.05, 4.69) is 5.32 Å². The van der Waals surface area contributed by atoms with Gasteiger partial charge in [0.2, 0.25) is 5.91 Å². The van der Waals surface area contributed by atoms with E-state index in [0.29, 0.717) is 39.1 Å². The second kappa shape index (κ2) is 7.39. The fourth-order valence-electron chi connectivity index (χ4n) is 3.41. The van der Waals surface area contributed by atoms with Gasteiger partial charge in [0.25, 0.3) is 0 Å². The Hall–Kier alpha value is -1.51. The van der Waals surface area contributed by atoms with E-state index in [0.717, 1.165) is 5.56 Å². The molecule has 0 saturated carbocycles. The molecular weight excluding hydrogens is 347 g/mol. The molecule has 1 N–H and O–H groups in total. The molecule has 25 heavy (non-hydrogen) atoms. The largest absolute Gasteiger partial charge is 0.381 e. The standard InChI is InChI=1S/C17H23FN2O4S/c18-15-3-1-2-14(12-15)17(4-8-24-9-5-17)19-16(21)13-20-6-10-25(22,23)11-7-20/h1-3,12H,4-11,13H2,(H,19,21). The Morgan fingerprint density at radius 2 is 1.92 bits per heavy atom. The number of sulfone groups is 1. The molecule has 2 saturated heterocycles. The molecule has 2 fully saturated rings. The van der Waals surface area contributed by atoms with Crippen molar-refractivity contribution in [1.29, 1.82) is 0 Å². The molecule has 1 aromatic carbocycles. The summed E-state index contributed by atoms with van der Waals surface area (Å²) in [5.41, 5.74) is 0.101. The van der Waals surface area contributed by atoms with Gasteiger partial charge in [0, 0.05) is 26.3 Å². The highest BCUT2D eigenvalue weighted by atomic mass is 32.2. The first-order valence-corrected chi connectivity index (χ1v) is 10.3. The van der Waals surface area contributed by atoms with Gasteiger partial charge in [-0.3, -0.25) is 9.69 Å². The van der Waals surface area contributed by atoms with E-state index in [4.69, 9.17) is 4.74 Å². The van der Waals surface area contributed by atoms with Crippen molar-refractivity contribution in [1.82, 2.24) is 10.2 Å². The zero-order valence-corrected chi connectivity index (χ0v) is 14.9. The first kappa shape index (κ1) is 18.3. The number of amides is 1. The maximum Gasteiger partial charge on any atom is 0.234 e. The fourth-order valence-corrected chi connectivity index (χ4v) is 4.69. The normalized spacial score (nSPS) is 23.1. The predicted molar refractivity (Wildman–Crippen MR) is 91.4 cm³/mol. The van der Waals surface area contributed by atoms with Gasteiger partial charge >= 0.3 is 0 Å². The minimum Gasteiger partial charge on any atom is -0.381 e. The summed E-state index contributed by atoms with van der Waals surface area (Å²) in [6.07, 6.45) is 1.16. The Morgan fingerprint density at radius 3 is 2.56 bits per heavy atom. The summed E-state index contributed by atoms with van der Waals surface area (Å²) in [7, 11) is -2.97. The number of nitrogens with one attached hydrogen (secondary N) is 1. The van der Waals surface area contributed by atoms with Crippen LogP contribution in [0.1, 0.15) is 18.4 Å². The number of carbonyl (C=O) groups excluding carboxylic acids is 1. The van der Waals surface area contributed by atoms with Gasteiger partial charge in [-0.15, -0.1) is 0 Å². The van der Waals surface area contributed by atoms with E-state index in [9.17, 15) is 17.6 Å². The highest BCUT2D eigenvalue weighted by Crippen LogP contribution is 2.32. The number of nitrogens with zero attached hydrogens (tertiary/aromatic N) is 1. The second-order valence-electron chi connectivity index (χ2n) is 6.68. The molecule has 0 bridgehead atoms. The first-order chi connectivity index (χ1) is 11.9. The zero-order chi connectivity index (χ0) is 17.9. The smallest absolute Gasteiger partial charge is 0.234 e. The lowest BCUT2D eigenvalue weighted by Crippen LogP contribution is -2.53. The van der Waals surface area contributed by atoms with Crippen LogP contribution < -0.4 is 5.32 Å². The van der Waals surface area contributed by atoms with Crippen LogP contribution in [0.2, 0.25) is 0 Å². The molecule has 2 aliphatic heterocycles. The molecule has 0 atom stereocenters. The van der Waals surface area contributed by atoms with Gasteiger partial charge < -0.3 is 10.1 Å². The third kappa shape index (κ3) is 4.56. The van der Waals surface area contributed by atoms with Crippen LogP contribution in [-0.2, 0) is 24.9 Å². The Balaban J connectivity index is 1.69. The molecule has 1 aromatic rings. The minimum absolute atomic E-state index is 0.0865. The fraction of sp³-hybridized carbons (Fsp3) is 0.588. The van der Waals surface area contributed by atoms with E-state index in [1.165, 1.54) is 12.1 Å².